The third kappa shape index (κ3) is 3.71. The number of H-pyrrole nitrogens is 1. The molecule has 112 valence electrons. The molecule has 0 spiro atoms. The van der Waals surface area contributed by atoms with Gasteiger partial charge in [0.1, 0.15) is 11.4 Å². The van der Waals surface area contributed by atoms with Crippen LogP contribution in [0.2, 0.25) is 0 Å². The molecule has 0 saturated carbocycles. The molecule has 6 nitrogen and oxygen atoms in total. The molecule has 1 fully saturated rings. The standard InChI is InChI=1S/C14H24N4O2/c1-5-11-15-12(17-16-11)10-6-8-18(9-7-10)13(19)20-14(2,3)4/h10H,5-9H2,1-4H3,(H,15,16,17). The van der Waals surface area contributed by atoms with E-state index in [2.05, 4.69) is 22.1 Å². The Morgan fingerprint density at radius 3 is 2.55 bits per heavy atom. The van der Waals surface area contributed by atoms with Gasteiger partial charge in [0.25, 0.3) is 0 Å². The summed E-state index contributed by atoms with van der Waals surface area (Å²) in [5, 5.41) is 7.22. The second-order valence-corrected chi connectivity index (χ2v) is 6.24. The lowest BCUT2D eigenvalue weighted by Crippen LogP contribution is -2.41. The van der Waals surface area contributed by atoms with Crippen LogP contribution in [0.15, 0.2) is 0 Å². The molecule has 1 aromatic rings. The van der Waals surface area contributed by atoms with E-state index in [0.717, 1.165) is 30.9 Å². The highest BCUT2D eigenvalue weighted by atomic mass is 16.6. The average Bonchev–Trinajstić information content (AvgIpc) is 2.85. The summed E-state index contributed by atoms with van der Waals surface area (Å²) in [4.78, 5) is 18.2. The molecule has 2 rings (SSSR count). The van der Waals surface area contributed by atoms with Crippen molar-refractivity contribution in [1.82, 2.24) is 20.1 Å². The van der Waals surface area contributed by atoms with Crippen LogP contribution in [0.3, 0.4) is 0 Å². The molecule has 1 aliphatic rings. The van der Waals surface area contributed by atoms with Gasteiger partial charge in [0.2, 0.25) is 0 Å². The van der Waals surface area contributed by atoms with Crippen molar-refractivity contribution in [3.8, 4) is 0 Å². The minimum atomic E-state index is -0.437. The van der Waals surface area contributed by atoms with Crippen LogP contribution in [0.1, 0.15) is 58.1 Å². The number of piperidine rings is 1. The molecule has 0 unspecified atom stereocenters. The van der Waals surface area contributed by atoms with Crippen molar-refractivity contribution in [1.29, 1.82) is 0 Å². The van der Waals surface area contributed by atoms with Crippen LogP contribution in [0.4, 0.5) is 4.79 Å². The van der Waals surface area contributed by atoms with Crippen molar-refractivity contribution < 1.29 is 9.53 Å². The third-order valence-electron chi connectivity index (χ3n) is 3.40. The summed E-state index contributed by atoms with van der Waals surface area (Å²) < 4.78 is 5.39. The summed E-state index contributed by atoms with van der Waals surface area (Å²) >= 11 is 0. The molecule has 1 aromatic heterocycles. The van der Waals surface area contributed by atoms with E-state index >= 15 is 0 Å². The highest BCUT2D eigenvalue weighted by molar-refractivity contribution is 5.68. The quantitative estimate of drug-likeness (QED) is 0.903. The SMILES string of the molecule is CCc1nc(C2CCN(C(=O)OC(C)(C)C)CC2)n[nH]1. The summed E-state index contributed by atoms with van der Waals surface area (Å²) in [6.07, 6.45) is 2.42. The second-order valence-electron chi connectivity index (χ2n) is 6.24. The van der Waals surface area contributed by atoms with Gasteiger partial charge in [0, 0.05) is 25.4 Å². The maximum Gasteiger partial charge on any atom is 0.410 e. The largest absolute Gasteiger partial charge is 0.444 e. The Morgan fingerprint density at radius 1 is 1.40 bits per heavy atom. The van der Waals surface area contributed by atoms with Crippen LogP contribution >= 0.6 is 0 Å². The summed E-state index contributed by atoms with van der Waals surface area (Å²) in [6, 6.07) is 0. The van der Waals surface area contributed by atoms with Crippen LogP contribution in [0, 0.1) is 0 Å². The predicted molar refractivity (Wildman–Crippen MR) is 75.5 cm³/mol. The van der Waals surface area contributed by atoms with Crippen LogP contribution in [0.25, 0.3) is 0 Å². The molecule has 20 heavy (non-hydrogen) atoms. The van der Waals surface area contributed by atoms with E-state index in [1.54, 1.807) is 4.90 Å². The summed E-state index contributed by atoms with van der Waals surface area (Å²) in [5.74, 6) is 2.14. The molecule has 1 saturated heterocycles. The molecule has 0 bridgehead atoms. The Labute approximate surface area is 119 Å². The predicted octanol–water partition coefficient (Wildman–Crippen LogP) is 2.48. The average molecular weight is 280 g/mol. The fourth-order valence-corrected chi connectivity index (χ4v) is 2.30. The van der Waals surface area contributed by atoms with Gasteiger partial charge in [0.05, 0.1) is 0 Å². The number of carbonyl (C=O) groups is 1. The Bertz CT molecular complexity index is 456. The first kappa shape index (κ1) is 14.8. The van der Waals surface area contributed by atoms with Gasteiger partial charge in [0.15, 0.2) is 5.82 Å². The first-order valence-electron chi connectivity index (χ1n) is 7.28. The number of ether oxygens (including phenoxy) is 1. The molecule has 2 heterocycles. The van der Waals surface area contributed by atoms with E-state index in [1.807, 2.05) is 20.8 Å². The number of nitrogens with zero attached hydrogens (tertiary/aromatic N) is 3. The lowest BCUT2D eigenvalue weighted by atomic mass is 9.96. The highest BCUT2D eigenvalue weighted by Crippen LogP contribution is 2.26. The Kier molecular flexibility index (Phi) is 4.30. The van der Waals surface area contributed by atoms with Gasteiger partial charge >= 0.3 is 6.09 Å². The third-order valence-corrected chi connectivity index (χ3v) is 3.40. The molecule has 0 atom stereocenters. The number of amides is 1. The minimum Gasteiger partial charge on any atom is -0.444 e. The van der Waals surface area contributed by atoms with E-state index in [4.69, 9.17) is 4.74 Å². The number of hydrogen-bond donors (Lipinski definition) is 1. The van der Waals surface area contributed by atoms with Gasteiger partial charge in [-0.3, -0.25) is 5.10 Å². The Balaban J connectivity index is 1.87. The first-order valence-corrected chi connectivity index (χ1v) is 7.28. The zero-order chi connectivity index (χ0) is 14.8. The van der Waals surface area contributed by atoms with Crippen LogP contribution < -0.4 is 0 Å². The number of rotatable bonds is 2. The maximum absolute atomic E-state index is 12.0. The van der Waals surface area contributed by atoms with E-state index in [0.29, 0.717) is 19.0 Å². The van der Waals surface area contributed by atoms with Crippen LogP contribution in [-0.2, 0) is 11.2 Å². The molecular formula is C14H24N4O2. The lowest BCUT2D eigenvalue weighted by molar-refractivity contribution is 0.0203. The number of aromatic nitrogens is 3. The number of likely N-dealkylation sites (tertiary alicyclic amines) is 1. The van der Waals surface area contributed by atoms with Crippen LogP contribution in [0.5, 0.6) is 0 Å². The van der Waals surface area contributed by atoms with Gasteiger partial charge < -0.3 is 9.64 Å². The number of aryl methyl sites for hydroxylation is 1. The van der Waals surface area contributed by atoms with Gasteiger partial charge in [-0.1, -0.05) is 6.92 Å². The van der Waals surface area contributed by atoms with Gasteiger partial charge in [-0.2, -0.15) is 5.10 Å². The number of carbonyl (C=O) groups excluding carboxylic acids is 1. The smallest absolute Gasteiger partial charge is 0.410 e. The molecule has 1 aliphatic heterocycles. The van der Waals surface area contributed by atoms with Gasteiger partial charge in [-0.15, -0.1) is 0 Å². The molecule has 1 amide bonds. The van der Waals surface area contributed by atoms with Crippen molar-refractivity contribution in [3.05, 3.63) is 11.6 Å². The Hall–Kier alpha value is -1.59. The molecule has 1 N–H and O–H groups in total. The summed E-state index contributed by atoms with van der Waals surface area (Å²) in [5.41, 5.74) is -0.437. The zero-order valence-electron chi connectivity index (χ0n) is 12.8. The number of aromatic amines is 1. The fraction of sp³-hybridized carbons (Fsp3) is 0.786. The Morgan fingerprint density at radius 2 is 2.05 bits per heavy atom. The van der Waals surface area contributed by atoms with E-state index in [1.165, 1.54) is 0 Å². The first-order chi connectivity index (χ1) is 9.39. The molecule has 0 aliphatic carbocycles. The van der Waals surface area contributed by atoms with Crippen molar-refractivity contribution >= 4 is 6.09 Å². The van der Waals surface area contributed by atoms with E-state index in [-0.39, 0.29) is 6.09 Å². The molecule has 6 heteroatoms. The maximum atomic E-state index is 12.0. The topological polar surface area (TPSA) is 71.1 Å². The van der Waals surface area contributed by atoms with Crippen molar-refractivity contribution in [3.63, 3.8) is 0 Å². The normalized spacial score (nSPS) is 17.3. The molecular weight excluding hydrogens is 256 g/mol. The second kappa shape index (κ2) is 5.81. The van der Waals surface area contributed by atoms with Crippen LogP contribution in [-0.4, -0.2) is 44.9 Å². The number of hydrogen-bond acceptors (Lipinski definition) is 4. The minimum absolute atomic E-state index is 0.222. The van der Waals surface area contributed by atoms with E-state index in [9.17, 15) is 4.79 Å². The molecule has 0 radical (unpaired) electrons. The lowest BCUT2D eigenvalue weighted by Gasteiger charge is -2.32. The summed E-state index contributed by atoms with van der Waals surface area (Å²) in [6.45, 7) is 9.12. The van der Waals surface area contributed by atoms with Gasteiger partial charge in [-0.05, 0) is 33.6 Å². The fourth-order valence-electron chi connectivity index (χ4n) is 2.30. The van der Waals surface area contributed by atoms with Crippen molar-refractivity contribution in [2.24, 2.45) is 0 Å². The monoisotopic (exact) mass is 280 g/mol. The van der Waals surface area contributed by atoms with Gasteiger partial charge in [-0.25, -0.2) is 9.78 Å². The van der Waals surface area contributed by atoms with E-state index < -0.39 is 5.60 Å². The summed E-state index contributed by atoms with van der Waals surface area (Å²) in [7, 11) is 0. The zero-order valence-corrected chi connectivity index (χ0v) is 12.8. The molecule has 0 aromatic carbocycles. The van der Waals surface area contributed by atoms with Crippen molar-refractivity contribution in [2.45, 2.75) is 58.5 Å². The number of nitrogens with one attached hydrogen (secondary N) is 1. The van der Waals surface area contributed by atoms with Crippen molar-refractivity contribution in [2.75, 3.05) is 13.1 Å². The highest BCUT2D eigenvalue weighted by Gasteiger charge is 2.28.